The monoisotopic (exact) mass is 212 g/mol. The molecule has 0 aliphatic carbocycles. The molecule has 0 amide bonds. The van der Waals surface area contributed by atoms with Crippen molar-refractivity contribution < 1.29 is 8.58 Å². The predicted octanol–water partition coefficient (Wildman–Crippen LogP) is 3.41. The normalized spacial score (nSPS) is 9.36. The maximum Gasteiger partial charge on any atom is 0.168 e. The molecule has 0 aromatic heterocycles. The van der Waals surface area contributed by atoms with Crippen molar-refractivity contribution in [1.29, 1.82) is 0 Å². The minimum atomic E-state index is 0.248. The van der Waals surface area contributed by atoms with Crippen LogP contribution in [0.4, 0.5) is 0 Å². The van der Waals surface area contributed by atoms with Crippen LogP contribution in [-0.2, 0) is 0 Å². The lowest BCUT2D eigenvalue weighted by Gasteiger charge is -2.01. The Morgan fingerprint density at radius 2 is 1.45 bits per heavy atom. The predicted molar refractivity (Wildman–Crippen MR) is 44.4 cm³/mol. The van der Waals surface area contributed by atoms with Crippen molar-refractivity contribution in [2.45, 2.75) is 0 Å². The summed E-state index contributed by atoms with van der Waals surface area (Å²) in [7, 11) is 0. The molecule has 0 N–H and O–H groups in total. The molecule has 1 aromatic rings. The van der Waals surface area contributed by atoms with Gasteiger partial charge in [0.25, 0.3) is 0 Å². The summed E-state index contributed by atoms with van der Waals surface area (Å²) in [4.78, 5) is 0. The highest BCUT2D eigenvalue weighted by Crippen LogP contribution is 2.34. The summed E-state index contributed by atoms with van der Waals surface area (Å²) in [6, 6.07) is 4.84. The van der Waals surface area contributed by atoms with Crippen molar-refractivity contribution in [1.82, 2.24) is 0 Å². The first-order valence-corrected chi connectivity index (χ1v) is 3.65. The number of hydrogen-bond donors (Lipinski definition) is 0. The minimum Gasteiger partial charge on any atom is -0.384 e. The molecule has 0 aliphatic heterocycles. The van der Waals surface area contributed by atoms with Gasteiger partial charge in [-0.1, -0.05) is 17.7 Å². The lowest BCUT2D eigenvalue weighted by molar-refractivity contribution is 0.591. The Morgan fingerprint density at radius 3 is 1.82 bits per heavy atom. The fourth-order valence-corrected chi connectivity index (χ4v) is 1.15. The number of halogens is 3. The molecule has 11 heavy (non-hydrogen) atoms. The quantitative estimate of drug-likeness (QED) is 0.749. The van der Waals surface area contributed by atoms with Crippen LogP contribution in [0.2, 0.25) is 5.02 Å². The third kappa shape index (κ3) is 1.83. The number of rotatable bonds is 2. The van der Waals surface area contributed by atoms with Gasteiger partial charge >= 0.3 is 0 Å². The third-order valence-electron chi connectivity index (χ3n) is 1.09. The lowest BCUT2D eigenvalue weighted by atomic mass is 10.3. The smallest absolute Gasteiger partial charge is 0.168 e. The highest BCUT2D eigenvalue weighted by molar-refractivity contribution is 6.34. The van der Waals surface area contributed by atoms with E-state index < -0.39 is 0 Å². The average molecular weight is 213 g/mol. The Balaban J connectivity index is 3.10. The molecule has 0 heterocycles. The van der Waals surface area contributed by atoms with Crippen LogP contribution >= 0.6 is 35.3 Å². The maximum absolute atomic E-state index is 5.69. The minimum absolute atomic E-state index is 0.248. The first-order chi connectivity index (χ1) is 5.29. The van der Waals surface area contributed by atoms with E-state index in [1.807, 2.05) is 0 Å². The molecule has 60 valence electrons. The second-order valence-electron chi connectivity index (χ2n) is 1.72. The zero-order valence-corrected chi connectivity index (χ0v) is 7.45. The molecule has 0 aliphatic rings. The van der Waals surface area contributed by atoms with Gasteiger partial charge in [0.2, 0.25) is 0 Å². The standard InChI is InChI=1S/C6H3Cl3O2/c7-6-4(10-8)2-1-3-5(6)11-9/h1-3H. The molecule has 0 bridgehead atoms. The van der Waals surface area contributed by atoms with Gasteiger partial charge in [-0.2, -0.15) is 0 Å². The SMILES string of the molecule is ClOc1cccc(OCl)c1Cl. The van der Waals surface area contributed by atoms with E-state index in [0.29, 0.717) is 11.5 Å². The van der Waals surface area contributed by atoms with Crippen LogP contribution in [0.5, 0.6) is 11.5 Å². The Labute approximate surface area is 78.9 Å². The van der Waals surface area contributed by atoms with E-state index in [0.717, 1.165) is 0 Å². The molecule has 0 saturated heterocycles. The molecule has 0 spiro atoms. The van der Waals surface area contributed by atoms with E-state index in [1.165, 1.54) is 0 Å². The third-order valence-corrected chi connectivity index (χ3v) is 1.80. The molecular formula is C6H3Cl3O2. The van der Waals surface area contributed by atoms with Crippen molar-refractivity contribution in [2.75, 3.05) is 0 Å². The second kappa shape index (κ2) is 3.90. The summed E-state index contributed by atoms with van der Waals surface area (Å²) >= 11 is 15.8. The maximum atomic E-state index is 5.69. The van der Waals surface area contributed by atoms with Gasteiger partial charge in [0.05, 0.1) is 0 Å². The summed E-state index contributed by atoms with van der Waals surface area (Å²) in [5, 5.41) is 0.248. The van der Waals surface area contributed by atoms with Crippen LogP contribution in [0.3, 0.4) is 0 Å². The van der Waals surface area contributed by atoms with Gasteiger partial charge in [-0.05, 0) is 12.1 Å². The molecule has 1 aromatic carbocycles. The van der Waals surface area contributed by atoms with Crippen molar-refractivity contribution in [3.05, 3.63) is 23.2 Å². The van der Waals surface area contributed by atoms with E-state index >= 15 is 0 Å². The van der Waals surface area contributed by atoms with Crippen LogP contribution in [0.15, 0.2) is 18.2 Å². The zero-order valence-electron chi connectivity index (χ0n) is 5.18. The summed E-state index contributed by atoms with van der Waals surface area (Å²) in [6.45, 7) is 0. The summed E-state index contributed by atoms with van der Waals surface area (Å²) in [5.74, 6) is 0.623. The topological polar surface area (TPSA) is 18.5 Å². The van der Waals surface area contributed by atoms with Crippen LogP contribution in [0.25, 0.3) is 0 Å². The van der Waals surface area contributed by atoms with E-state index in [9.17, 15) is 0 Å². The fourth-order valence-electron chi connectivity index (χ4n) is 0.610. The van der Waals surface area contributed by atoms with Crippen LogP contribution in [-0.4, -0.2) is 0 Å². The molecule has 2 nitrogen and oxygen atoms in total. The van der Waals surface area contributed by atoms with Gasteiger partial charge in [0.15, 0.2) is 11.5 Å². The van der Waals surface area contributed by atoms with E-state index in [1.54, 1.807) is 18.2 Å². The molecule has 0 unspecified atom stereocenters. The van der Waals surface area contributed by atoms with Crippen LogP contribution in [0.1, 0.15) is 0 Å². The Bertz CT molecular complexity index is 229. The van der Waals surface area contributed by atoms with Crippen LogP contribution < -0.4 is 8.58 Å². The van der Waals surface area contributed by atoms with Crippen molar-refractivity contribution in [2.24, 2.45) is 0 Å². The summed E-state index contributed by atoms with van der Waals surface area (Å²) < 4.78 is 8.78. The Hall–Kier alpha value is -0.310. The van der Waals surface area contributed by atoms with Gasteiger partial charge in [0, 0.05) is 0 Å². The lowest BCUT2D eigenvalue weighted by Crippen LogP contribution is -1.80. The molecule has 0 saturated carbocycles. The van der Waals surface area contributed by atoms with Gasteiger partial charge in [-0.3, -0.25) is 0 Å². The van der Waals surface area contributed by atoms with Crippen molar-refractivity contribution >= 4 is 35.3 Å². The molecule has 5 heteroatoms. The van der Waals surface area contributed by atoms with Gasteiger partial charge in [-0.15, -0.1) is 0 Å². The average Bonchev–Trinajstić information content (AvgIpc) is 2.05. The summed E-state index contributed by atoms with van der Waals surface area (Å²) in [5.41, 5.74) is 0. The first-order valence-electron chi connectivity index (χ1n) is 2.65. The summed E-state index contributed by atoms with van der Waals surface area (Å²) in [6.07, 6.45) is 0. The molecular weight excluding hydrogens is 210 g/mol. The Kier molecular flexibility index (Phi) is 3.12. The number of benzene rings is 1. The van der Waals surface area contributed by atoms with Crippen LogP contribution in [0, 0.1) is 0 Å². The van der Waals surface area contributed by atoms with Gasteiger partial charge < -0.3 is 8.58 Å². The number of hydrogen-bond acceptors (Lipinski definition) is 2. The van der Waals surface area contributed by atoms with E-state index in [-0.39, 0.29) is 5.02 Å². The van der Waals surface area contributed by atoms with E-state index in [4.69, 9.17) is 35.3 Å². The van der Waals surface area contributed by atoms with Crippen molar-refractivity contribution in [3.63, 3.8) is 0 Å². The Morgan fingerprint density at radius 1 is 1.00 bits per heavy atom. The van der Waals surface area contributed by atoms with Gasteiger partial charge in [-0.25, -0.2) is 0 Å². The van der Waals surface area contributed by atoms with Crippen molar-refractivity contribution in [3.8, 4) is 11.5 Å². The zero-order chi connectivity index (χ0) is 8.27. The second-order valence-corrected chi connectivity index (χ2v) is 2.41. The largest absolute Gasteiger partial charge is 0.384 e. The molecule has 0 atom stereocenters. The fraction of sp³-hybridized carbons (Fsp3) is 0. The first kappa shape index (κ1) is 8.78. The molecule has 0 fully saturated rings. The highest BCUT2D eigenvalue weighted by Gasteiger charge is 2.07. The molecule has 1 rings (SSSR count). The highest BCUT2D eigenvalue weighted by atomic mass is 35.5. The molecule has 0 radical (unpaired) electrons. The van der Waals surface area contributed by atoms with Gasteiger partial charge in [0.1, 0.15) is 28.8 Å². The van der Waals surface area contributed by atoms with E-state index in [2.05, 4.69) is 8.58 Å².